The molecule has 0 aliphatic rings. The standard InChI is InChI=1S/C11H11FN2OS2/c1-6-5-16-11(14-6)17-10-4-9(15-2)7(12)3-8(10)13/h3-5H,13H2,1-2H3. The van der Waals surface area contributed by atoms with Crippen LogP contribution in [-0.2, 0) is 0 Å². The third kappa shape index (κ3) is 2.70. The molecule has 0 amide bonds. The van der Waals surface area contributed by atoms with Gasteiger partial charge in [0.15, 0.2) is 15.9 Å². The van der Waals surface area contributed by atoms with Crippen LogP contribution in [0.5, 0.6) is 5.75 Å². The topological polar surface area (TPSA) is 48.1 Å². The number of anilines is 1. The molecule has 0 spiro atoms. The summed E-state index contributed by atoms with van der Waals surface area (Å²) in [6.45, 7) is 1.93. The monoisotopic (exact) mass is 270 g/mol. The van der Waals surface area contributed by atoms with Crippen molar-refractivity contribution in [1.82, 2.24) is 4.98 Å². The predicted molar refractivity (Wildman–Crippen MR) is 68.3 cm³/mol. The maximum Gasteiger partial charge on any atom is 0.167 e. The Hall–Kier alpha value is -1.27. The van der Waals surface area contributed by atoms with Gasteiger partial charge in [0.05, 0.1) is 7.11 Å². The SMILES string of the molecule is COc1cc(Sc2nc(C)cs2)c(N)cc1F. The molecule has 90 valence electrons. The highest BCUT2D eigenvalue weighted by Crippen LogP contribution is 2.37. The minimum Gasteiger partial charge on any atom is -0.494 e. The van der Waals surface area contributed by atoms with Gasteiger partial charge in [-0.05, 0) is 13.0 Å². The second kappa shape index (κ2) is 4.93. The predicted octanol–water partition coefficient (Wildman–Crippen LogP) is 3.33. The summed E-state index contributed by atoms with van der Waals surface area (Å²) in [5.74, 6) is -0.264. The van der Waals surface area contributed by atoms with Crippen molar-refractivity contribution in [2.75, 3.05) is 12.8 Å². The van der Waals surface area contributed by atoms with Gasteiger partial charge in [0.25, 0.3) is 0 Å². The molecule has 3 nitrogen and oxygen atoms in total. The summed E-state index contributed by atoms with van der Waals surface area (Å²) in [6.07, 6.45) is 0. The van der Waals surface area contributed by atoms with E-state index in [1.54, 1.807) is 6.07 Å². The highest BCUT2D eigenvalue weighted by atomic mass is 32.2. The average molecular weight is 270 g/mol. The van der Waals surface area contributed by atoms with Gasteiger partial charge in [-0.2, -0.15) is 0 Å². The molecule has 2 N–H and O–H groups in total. The third-order valence-corrected chi connectivity index (χ3v) is 4.21. The number of nitrogen functional groups attached to an aromatic ring is 1. The summed E-state index contributed by atoms with van der Waals surface area (Å²) in [4.78, 5) is 5.06. The Kier molecular flexibility index (Phi) is 3.54. The first-order valence-corrected chi connectivity index (χ1v) is 6.52. The summed E-state index contributed by atoms with van der Waals surface area (Å²) in [5.41, 5.74) is 7.11. The number of rotatable bonds is 3. The lowest BCUT2D eigenvalue weighted by Crippen LogP contribution is -1.94. The molecule has 0 atom stereocenters. The summed E-state index contributed by atoms with van der Waals surface area (Å²) < 4.78 is 19.1. The molecule has 0 aliphatic carbocycles. The minimum absolute atomic E-state index is 0.190. The van der Waals surface area contributed by atoms with Crippen molar-refractivity contribution >= 4 is 28.8 Å². The van der Waals surface area contributed by atoms with Crippen molar-refractivity contribution in [3.05, 3.63) is 29.0 Å². The fourth-order valence-electron chi connectivity index (χ4n) is 1.27. The van der Waals surface area contributed by atoms with E-state index in [-0.39, 0.29) is 5.75 Å². The van der Waals surface area contributed by atoms with E-state index in [0.29, 0.717) is 5.69 Å². The van der Waals surface area contributed by atoms with E-state index in [0.717, 1.165) is 14.9 Å². The van der Waals surface area contributed by atoms with Crippen molar-refractivity contribution in [1.29, 1.82) is 0 Å². The van der Waals surface area contributed by atoms with Crippen LogP contribution in [0.25, 0.3) is 0 Å². The van der Waals surface area contributed by atoms with E-state index in [1.165, 1.54) is 36.3 Å². The number of nitrogens with two attached hydrogens (primary N) is 1. The van der Waals surface area contributed by atoms with Gasteiger partial charge in [-0.1, -0.05) is 11.8 Å². The maximum atomic E-state index is 13.3. The van der Waals surface area contributed by atoms with Crippen LogP contribution in [0, 0.1) is 12.7 Å². The Bertz CT molecular complexity index is 542. The molecule has 2 rings (SSSR count). The Morgan fingerprint density at radius 1 is 1.47 bits per heavy atom. The number of ether oxygens (including phenoxy) is 1. The first-order chi connectivity index (χ1) is 8.10. The molecular formula is C11H11FN2OS2. The van der Waals surface area contributed by atoms with Crippen LogP contribution < -0.4 is 10.5 Å². The number of aromatic nitrogens is 1. The van der Waals surface area contributed by atoms with Gasteiger partial charge in [0.1, 0.15) is 0 Å². The molecule has 1 aromatic heterocycles. The molecule has 0 aliphatic heterocycles. The van der Waals surface area contributed by atoms with Crippen LogP contribution in [-0.4, -0.2) is 12.1 Å². The van der Waals surface area contributed by atoms with Crippen LogP contribution in [0.1, 0.15) is 5.69 Å². The molecule has 6 heteroatoms. The first-order valence-electron chi connectivity index (χ1n) is 4.83. The quantitative estimate of drug-likeness (QED) is 0.869. The first kappa shape index (κ1) is 12.2. The largest absolute Gasteiger partial charge is 0.494 e. The molecule has 0 bridgehead atoms. The van der Waals surface area contributed by atoms with Gasteiger partial charge in [-0.15, -0.1) is 11.3 Å². The number of methoxy groups -OCH3 is 1. The van der Waals surface area contributed by atoms with Crippen molar-refractivity contribution in [3.8, 4) is 5.75 Å². The second-order valence-corrected chi connectivity index (χ2v) is 5.53. The second-order valence-electron chi connectivity index (χ2n) is 3.38. The lowest BCUT2D eigenvalue weighted by molar-refractivity contribution is 0.385. The van der Waals surface area contributed by atoms with Crippen molar-refractivity contribution in [2.45, 2.75) is 16.2 Å². The number of hydrogen-bond acceptors (Lipinski definition) is 5. The van der Waals surface area contributed by atoms with Gasteiger partial charge < -0.3 is 10.5 Å². The van der Waals surface area contributed by atoms with Gasteiger partial charge in [-0.3, -0.25) is 0 Å². The van der Waals surface area contributed by atoms with Crippen molar-refractivity contribution in [3.63, 3.8) is 0 Å². The van der Waals surface area contributed by atoms with Crippen LogP contribution in [0.2, 0.25) is 0 Å². The van der Waals surface area contributed by atoms with Crippen molar-refractivity contribution < 1.29 is 9.13 Å². The van der Waals surface area contributed by atoms with E-state index in [9.17, 15) is 4.39 Å². The van der Waals surface area contributed by atoms with E-state index >= 15 is 0 Å². The Morgan fingerprint density at radius 2 is 2.24 bits per heavy atom. The summed E-state index contributed by atoms with van der Waals surface area (Å²) >= 11 is 2.94. The Balaban J connectivity index is 2.32. The number of benzene rings is 1. The zero-order valence-electron chi connectivity index (χ0n) is 9.36. The van der Waals surface area contributed by atoms with E-state index in [2.05, 4.69) is 4.98 Å². The zero-order valence-corrected chi connectivity index (χ0v) is 11.0. The van der Waals surface area contributed by atoms with Crippen LogP contribution in [0.15, 0.2) is 26.7 Å². The highest BCUT2D eigenvalue weighted by Gasteiger charge is 2.11. The lowest BCUT2D eigenvalue weighted by Gasteiger charge is -2.07. The van der Waals surface area contributed by atoms with E-state index in [4.69, 9.17) is 10.5 Å². The maximum absolute atomic E-state index is 13.3. The Morgan fingerprint density at radius 3 is 2.82 bits per heavy atom. The molecule has 17 heavy (non-hydrogen) atoms. The average Bonchev–Trinajstić information content (AvgIpc) is 2.68. The number of hydrogen-bond donors (Lipinski definition) is 1. The molecule has 1 heterocycles. The fraction of sp³-hybridized carbons (Fsp3) is 0.182. The number of nitrogens with zero attached hydrogens (tertiary/aromatic N) is 1. The molecular weight excluding hydrogens is 259 g/mol. The number of halogens is 1. The minimum atomic E-state index is -0.454. The smallest absolute Gasteiger partial charge is 0.167 e. The molecule has 0 fully saturated rings. The van der Waals surface area contributed by atoms with E-state index in [1.807, 2.05) is 12.3 Å². The van der Waals surface area contributed by atoms with Gasteiger partial charge >= 0.3 is 0 Å². The van der Waals surface area contributed by atoms with Crippen LogP contribution in [0.3, 0.4) is 0 Å². The normalized spacial score (nSPS) is 10.5. The molecule has 0 radical (unpaired) electrons. The number of aryl methyl sites for hydroxylation is 1. The molecule has 0 unspecified atom stereocenters. The van der Waals surface area contributed by atoms with Gasteiger partial charge in [-0.25, -0.2) is 9.37 Å². The summed E-state index contributed by atoms with van der Waals surface area (Å²) in [5, 5.41) is 1.96. The van der Waals surface area contributed by atoms with Crippen molar-refractivity contribution in [2.24, 2.45) is 0 Å². The highest BCUT2D eigenvalue weighted by molar-refractivity contribution is 8.01. The van der Waals surface area contributed by atoms with Crippen LogP contribution in [0.4, 0.5) is 10.1 Å². The third-order valence-electron chi connectivity index (χ3n) is 2.08. The van der Waals surface area contributed by atoms with E-state index < -0.39 is 5.82 Å². The summed E-state index contributed by atoms with van der Waals surface area (Å²) in [7, 11) is 1.43. The van der Waals surface area contributed by atoms with Gasteiger partial charge in [0, 0.05) is 27.7 Å². The Labute approximate surface area is 107 Å². The molecule has 1 aromatic carbocycles. The number of thiazole rings is 1. The zero-order chi connectivity index (χ0) is 12.4. The van der Waals surface area contributed by atoms with Crippen LogP contribution >= 0.6 is 23.1 Å². The molecule has 0 saturated heterocycles. The fourth-order valence-corrected chi connectivity index (χ4v) is 3.12. The summed E-state index contributed by atoms with van der Waals surface area (Å²) in [6, 6.07) is 2.85. The molecule has 2 aromatic rings. The lowest BCUT2D eigenvalue weighted by atomic mass is 10.3. The molecule has 0 saturated carbocycles. The van der Waals surface area contributed by atoms with Gasteiger partial charge in [0.2, 0.25) is 0 Å².